The zero-order valence-corrected chi connectivity index (χ0v) is 12.5. The van der Waals surface area contributed by atoms with E-state index in [1.165, 1.54) is 16.7 Å². The number of aryl methyl sites for hydroxylation is 2. The van der Waals surface area contributed by atoms with Crippen LogP contribution >= 0.6 is 0 Å². The van der Waals surface area contributed by atoms with E-state index in [0.29, 0.717) is 12.6 Å². The molecule has 3 heteroatoms. The van der Waals surface area contributed by atoms with E-state index >= 15 is 0 Å². The maximum atomic E-state index is 6.04. The fourth-order valence-electron chi connectivity index (χ4n) is 2.86. The Bertz CT molecular complexity index is 408. The first-order valence-electron chi connectivity index (χ1n) is 7.39. The third-order valence-electron chi connectivity index (χ3n) is 4.43. The van der Waals surface area contributed by atoms with Crippen LogP contribution in [0, 0.1) is 13.8 Å². The fraction of sp³-hybridized carbons (Fsp3) is 0.625. The van der Waals surface area contributed by atoms with E-state index in [1.54, 1.807) is 0 Å². The van der Waals surface area contributed by atoms with Crippen molar-refractivity contribution in [3.05, 3.63) is 34.9 Å². The minimum Gasteiger partial charge on any atom is -0.329 e. The maximum absolute atomic E-state index is 6.04. The molecule has 0 radical (unpaired) electrons. The lowest BCUT2D eigenvalue weighted by Gasteiger charge is -2.38. The molecule has 106 valence electrons. The van der Waals surface area contributed by atoms with Gasteiger partial charge in [-0.3, -0.25) is 4.90 Å². The Kier molecular flexibility index (Phi) is 4.97. The molecule has 0 saturated carbocycles. The molecule has 1 atom stereocenters. The van der Waals surface area contributed by atoms with Crippen molar-refractivity contribution in [2.45, 2.75) is 26.8 Å². The van der Waals surface area contributed by atoms with Crippen molar-refractivity contribution in [1.29, 1.82) is 0 Å². The summed E-state index contributed by atoms with van der Waals surface area (Å²) in [6.45, 7) is 13.0. The molecule has 1 aliphatic rings. The molecular weight excluding hydrogens is 234 g/mol. The normalized spacial score (nSPS) is 19.6. The zero-order valence-electron chi connectivity index (χ0n) is 12.5. The van der Waals surface area contributed by atoms with Gasteiger partial charge in [0.1, 0.15) is 0 Å². The minimum atomic E-state index is 0.373. The zero-order chi connectivity index (χ0) is 13.8. The molecule has 1 aromatic carbocycles. The smallest absolute Gasteiger partial charge is 0.0471 e. The van der Waals surface area contributed by atoms with Gasteiger partial charge in [-0.05, 0) is 37.1 Å². The number of benzene rings is 1. The van der Waals surface area contributed by atoms with Crippen molar-refractivity contribution in [2.75, 3.05) is 39.3 Å². The molecule has 0 aromatic heterocycles. The van der Waals surface area contributed by atoms with Crippen LogP contribution in [0.25, 0.3) is 0 Å². The van der Waals surface area contributed by atoms with E-state index in [0.717, 1.165) is 32.7 Å². The summed E-state index contributed by atoms with van der Waals surface area (Å²) in [7, 11) is 0. The van der Waals surface area contributed by atoms with Gasteiger partial charge >= 0.3 is 0 Å². The SMILES string of the molecule is CCN1CCN(C(CN)c2ccc(C)c(C)c2)CC1. The number of nitrogens with two attached hydrogens (primary N) is 1. The van der Waals surface area contributed by atoms with E-state index in [9.17, 15) is 0 Å². The van der Waals surface area contributed by atoms with Crippen molar-refractivity contribution < 1.29 is 0 Å². The second-order valence-corrected chi connectivity index (χ2v) is 5.57. The highest BCUT2D eigenvalue weighted by molar-refractivity contribution is 5.32. The number of nitrogens with zero attached hydrogens (tertiary/aromatic N) is 2. The second kappa shape index (κ2) is 6.51. The molecule has 19 heavy (non-hydrogen) atoms. The average Bonchev–Trinajstić information content (AvgIpc) is 2.44. The minimum absolute atomic E-state index is 0.373. The van der Waals surface area contributed by atoms with Crippen LogP contribution in [0.5, 0.6) is 0 Å². The van der Waals surface area contributed by atoms with Crippen LogP contribution in [0.1, 0.15) is 29.7 Å². The standard InChI is InChI=1S/C16H27N3/c1-4-18-7-9-19(10-8-18)16(12-17)15-6-5-13(2)14(3)11-15/h5-6,11,16H,4,7-10,12,17H2,1-3H3. The summed E-state index contributed by atoms with van der Waals surface area (Å²) in [4.78, 5) is 5.04. The summed E-state index contributed by atoms with van der Waals surface area (Å²) in [5.74, 6) is 0. The summed E-state index contributed by atoms with van der Waals surface area (Å²) in [5, 5.41) is 0. The van der Waals surface area contributed by atoms with Crippen LogP contribution in [0.3, 0.4) is 0 Å². The predicted octanol–water partition coefficient (Wildman–Crippen LogP) is 1.94. The Morgan fingerprint density at radius 3 is 2.32 bits per heavy atom. The number of hydrogen-bond donors (Lipinski definition) is 1. The first kappa shape index (κ1) is 14.5. The van der Waals surface area contributed by atoms with Crippen LogP contribution in [0.4, 0.5) is 0 Å². The summed E-state index contributed by atoms with van der Waals surface area (Å²) in [5.41, 5.74) is 10.1. The molecule has 1 heterocycles. The summed E-state index contributed by atoms with van der Waals surface area (Å²) >= 11 is 0. The van der Waals surface area contributed by atoms with Gasteiger partial charge in [-0.15, -0.1) is 0 Å². The molecule has 0 amide bonds. The number of hydrogen-bond acceptors (Lipinski definition) is 3. The Morgan fingerprint density at radius 2 is 1.79 bits per heavy atom. The largest absolute Gasteiger partial charge is 0.329 e. The topological polar surface area (TPSA) is 32.5 Å². The van der Waals surface area contributed by atoms with Crippen molar-refractivity contribution in [1.82, 2.24) is 9.80 Å². The van der Waals surface area contributed by atoms with E-state index in [1.807, 2.05) is 0 Å². The Labute approximate surface area is 117 Å². The lowest BCUT2D eigenvalue weighted by atomic mass is 9.99. The molecule has 0 bridgehead atoms. The second-order valence-electron chi connectivity index (χ2n) is 5.57. The van der Waals surface area contributed by atoms with Gasteiger partial charge in [0.2, 0.25) is 0 Å². The molecule has 0 spiro atoms. The molecule has 2 N–H and O–H groups in total. The van der Waals surface area contributed by atoms with Gasteiger partial charge in [-0.2, -0.15) is 0 Å². The first-order valence-corrected chi connectivity index (χ1v) is 7.39. The third-order valence-corrected chi connectivity index (χ3v) is 4.43. The first-order chi connectivity index (χ1) is 9.15. The molecule has 1 aromatic rings. The lowest BCUT2D eigenvalue weighted by molar-refractivity contribution is 0.102. The molecule has 2 rings (SSSR count). The van der Waals surface area contributed by atoms with Gasteiger partial charge in [0.05, 0.1) is 0 Å². The lowest BCUT2D eigenvalue weighted by Crippen LogP contribution is -2.48. The summed E-state index contributed by atoms with van der Waals surface area (Å²) < 4.78 is 0. The maximum Gasteiger partial charge on any atom is 0.0471 e. The molecule has 1 fully saturated rings. The molecule has 1 unspecified atom stereocenters. The van der Waals surface area contributed by atoms with Crippen LogP contribution in [0.15, 0.2) is 18.2 Å². The van der Waals surface area contributed by atoms with E-state index in [2.05, 4.69) is 48.8 Å². The quantitative estimate of drug-likeness (QED) is 0.899. The number of piperazine rings is 1. The molecular formula is C16H27N3. The third kappa shape index (κ3) is 3.35. The summed E-state index contributed by atoms with van der Waals surface area (Å²) in [6.07, 6.45) is 0. The van der Waals surface area contributed by atoms with Gasteiger partial charge in [0.15, 0.2) is 0 Å². The van der Waals surface area contributed by atoms with Crippen LogP contribution < -0.4 is 5.73 Å². The van der Waals surface area contributed by atoms with Crippen molar-refractivity contribution >= 4 is 0 Å². The van der Waals surface area contributed by atoms with Gasteiger partial charge in [0.25, 0.3) is 0 Å². The van der Waals surface area contributed by atoms with E-state index in [-0.39, 0.29) is 0 Å². The van der Waals surface area contributed by atoms with Gasteiger partial charge in [-0.1, -0.05) is 25.1 Å². The molecule has 1 saturated heterocycles. The Hall–Kier alpha value is -0.900. The van der Waals surface area contributed by atoms with Gasteiger partial charge in [0, 0.05) is 38.8 Å². The van der Waals surface area contributed by atoms with Crippen molar-refractivity contribution in [3.63, 3.8) is 0 Å². The van der Waals surface area contributed by atoms with Crippen molar-refractivity contribution in [3.8, 4) is 0 Å². The molecule has 0 aliphatic carbocycles. The van der Waals surface area contributed by atoms with Crippen LogP contribution in [0.2, 0.25) is 0 Å². The average molecular weight is 261 g/mol. The predicted molar refractivity (Wildman–Crippen MR) is 81.4 cm³/mol. The van der Waals surface area contributed by atoms with E-state index in [4.69, 9.17) is 5.73 Å². The highest BCUT2D eigenvalue weighted by atomic mass is 15.3. The van der Waals surface area contributed by atoms with Gasteiger partial charge in [-0.25, -0.2) is 0 Å². The fourth-order valence-corrected chi connectivity index (χ4v) is 2.86. The van der Waals surface area contributed by atoms with E-state index < -0.39 is 0 Å². The Balaban J connectivity index is 2.09. The Morgan fingerprint density at radius 1 is 1.11 bits per heavy atom. The summed E-state index contributed by atoms with van der Waals surface area (Å²) in [6, 6.07) is 7.14. The van der Waals surface area contributed by atoms with Crippen LogP contribution in [-0.4, -0.2) is 49.1 Å². The highest BCUT2D eigenvalue weighted by Crippen LogP contribution is 2.23. The number of likely N-dealkylation sites (N-methyl/N-ethyl adjacent to an activating group) is 1. The van der Waals surface area contributed by atoms with Crippen LogP contribution in [-0.2, 0) is 0 Å². The van der Waals surface area contributed by atoms with Crippen molar-refractivity contribution in [2.24, 2.45) is 5.73 Å². The highest BCUT2D eigenvalue weighted by Gasteiger charge is 2.23. The molecule has 1 aliphatic heterocycles. The molecule has 3 nitrogen and oxygen atoms in total. The monoisotopic (exact) mass is 261 g/mol. The number of rotatable bonds is 4. The van der Waals surface area contributed by atoms with Gasteiger partial charge < -0.3 is 10.6 Å².